The molecule has 0 spiro atoms. The molecule has 0 radical (unpaired) electrons. The summed E-state index contributed by atoms with van der Waals surface area (Å²) in [6, 6.07) is 3.74. The van der Waals surface area contributed by atoms with Crippen LogP contribution < -0.4 is 9.47 Å². The molecule has 2 aliphatic heterocycles. The van der Waals surface area contributed by atoms with Crippen LogP contribution >= 0.6 is 15.9 Å². The zero-order valence-corrected chi connectivity index (χ0v) is 16.4. The van der Waals surface area contributed by atoms with Gasteiger partial charge in [0.2, 0.25) is 0 Å². The molecule has 6 nitrogen and oxygen atoms in total. The Bertz CT molecular complexity index is 647. The van der Waals surface area contributed by atoms with E-state index in [-0.39, 0.29) is 18.3 Å². The highest BCUT2D eigenvalue weighted by atomic mass is 79.9. The Balaban J connectivity index is 1.75. The zero-order valence-electron chi connectivity index (χ0n) is 14.8. The van der Waals surface area contributed by atoms with Gasteiger partial charge in [0, 0.05) is 4.47 Å². The van der Waals surface area contributed by atoms with Gasteiger partial charge in [-0.1, -0.05) is 22.0 Å². The SMILES string of the molecule is C=C[C@H]1O[C@@H]2OC(C)(C)O[C@@H]2[C@@H]1OCc1cc(OC)c(OC)cc1Br. The summed E-state index contributed by atoms with van der Waals surface area (Å²) in [6.45, 7) is 7.89. The molecule has 0 aliphatic carbocycles. The van der Waals surface area contributed by atoms with Crippen molar-refractivity contribution >= 4 is 15.9 Å². The van der Waals surface area contributed by atoms with Crippen LogP contribution in [0.25, 0.3) is 0 Å². The fourth-order valence-electron chi connectivity index (χ4n) is 3.08. The van der Waals surface area contributed by atoms with Crippen LogP contribution in [0.4, 0.5) is 0 Å². The Kier molecular flexibility index (Phi) is 5.41. The third-order valence-electron chi connectivity index (χ3n) is 4.24. The Morgan fingerprint density at radius 3 is 2.52 bits per heavy atom. The standard InChI is InChI=1S/C18H23BrO6/c1-6-12-15(16-17(23-12)25-18(2,3)24-16)22-9-10-7-13(20-4)14(21-5)8-11(10)19/h6-8,12,15-17H,1,9H2,2-5H3/t12-,15-,16-,17-/m1/s1. The van der Waals surface area contributed by atoms with E-state index in [0.717, 1.165) is 10.0 Å². The van der Waals surface area contributed by atoms with Crippen molar-refractivity contribution < 1.29 is 28.4 Å². The van der Waals surface area contributed by atoms with Gasteiger partial charge in [-0.25, -0.2) is 0 Å². The number of hydrogen-bond acceptors (Lipinski definition) is 6. The highest BCUT2D eigenvalue weighted by Crippen LogP contribution is 2.40. The minimum Gasteiger partial charge on any atom is -0.493 e. The van der Waals surface area contributed by atoms with Crippen LogP contribution in [0.3, 0.4) is 0 Å². The molecule has 138 valence electrons. The lowest BCUT2D eigenvalue weighted by Crippen LogP contribution is -2.36. The van der Waals surface area contributed by atoms with Crippen molar-refractivity contribution in [2.75, 3.05) is 14.2 Å². The molecule has 1 aromatic rings. The van der Waals surface area contributed by atoms with Gasteiger partial charge in [0.25, 0.3) is 0 Å². The lowest BCUT2D eigenvalue weighted by Gasteiger charge is -2.24. The molecule has 2 saturated heterocycles. The normalized spacial score (nSPS) is 30.1. The third kappa shape index (κ3) is 3.71. The maximum Gasteiger partial charge on any atom is 0.190 e. The van der Waals surface area contributed by atoms with Crippen molar-refractivity contribution in [3.05, 3.63) is 34.8 Å². The summed E-state index contributed by atoms with van der Waals surface area (Å²) in [6.07, 6.45) is 0.384. The Morgan fingerprint density at radius 2 is 1.88 bits per heavy atom. The molecule has 0 unspecified atom stereocenters. The highest BCUT2D eigenvalue weighted by molar-refractivity contribution is 9.10. The molecule has 0 bridgehead atoms. The predicted molar refractivity (Wildman–Crippen MR) is 94.7 cm³/mol. The van der Waals surface area contributed by atoms with Crippen molar-refractivity contribution in [2.45, 2.75) is 50.8 Å². The fraction of sp³-hybridized carbons (Fsp3) is 0.556. The van der Waals surface area contributed by atoms with E-state index in [0.29, 0.717) is 18.1 Å². The molecule has 0 amide bonds. The first-order chi connectivity index (χ1) is 11.9. The molecule has 2 heterocycles. The Morgan fingerprint density at radius 1 is 1.20 bits per heavy atom. The average Bonchev–Trinajstić information content (AvgIpc) is 3.04. The minimum atomic E-state index is -0.688. The van der Waals surface area contributed by atoms with Crippen molar-refractivity contribution in [1.29, 1.82) is 0 Å². The number of ether oxygens (including phenoxy) is 6. The lowest BCUT2D eigenvalue weighted by atomic mass is 10.1. The van der Waals surface area contributed by atoms with Crippen LogP contribution in [0.5, 0.6) is 11.5 Å². The van der Waals surface area contributed by atoms with Gasteiger partial charge < -0.3 is 28.4 Å². The molecular weight excluding hydrogens is 392 g/mol. The van der Waals surface area contributed by atoms with Gasteiger partial charge in [-0.3, -0.25) is 0 Å². The van der Waals surface area contributed by atoms with E-state index in [1.807, 2.05) is 26.0 Å². The summed E-state index contributed by atoms with van der Waals surface area (Å²) in [7, 11) is 3.20. The summed E-state index contributed by atoms with van der Waals surface area (Å²) in [4.78, 5) is 0. The van der Waals surface area contributed by atoms with Crippen LogP contribution in [0.2, 0.25) is 0 Å². The van der Waals surface area contributed by atoms with Crippen LogP contribution in [0, 0.1) is 0 Å². The zero-order chi connectivity index (χ0) is 18.2. The van der Waals surface area contributed by atoms with Gasteiger partial charge in [0.05, 0.1) is 20.8 Å². The van der Waals surface area contributed by atoms with E-state index < -0.39 is 12.1 Å². The highest BCUT2D eigenvalue weighted by Gasteiger charge is 2.54. The largest absolute Gasteiger partial charge is 0.493 e. The van der Waals surface area contributed by atoms with Gasteiger partial charge in [-0.2, -0.15) is 0 Å². The fourth-order valence-corrected chi connectivity index (χ4v) is 3.51. The molecule has 3 rings (SSSR count). The Hall–Kier alpha value is -1.12. The minimum absolute atomic E-state index is 0.287. The van der Waals surface area contributed by atoms with E-state index in [2.05, 4.69) is 22.5 Å². The number of rotatable bonds is 6. The second-order valence-corrected chi connectivity index (χ2v) is 7.23. The van der Waals surface area contributed by atoms with E-state index in [1.54, 1.807) is 20.3 Å². The van der Waals surface area contributed by atoms with Crippen LogP contribution in [0.1, 0.15) is 19.4 Å². The number of methoxy groups -OCH3 is 2. The molecule has 1 aromatic carbocycles. The van der Waals surface area contributed by atoms with Crippen LogP contribution in [0.15, 0.2) is 29.3 Å². The smallest absolute Gasteiger partial charge is 0.190 e. The summed E-state index contributed by atoms with van der Waals surface area (Å²) >= 11 is 3.54. The van der Waals surface area contributed by atoms with E-state index in [1.165, 1.54) is 0 Å². The Labute approximate surface area is 156 Å². The van der Waals surface area contributed by atoms with Gasteiger partial charge in [-0.05, 0) is 31.5 Å². The number of fused-ring (bicyclic) bond motifs is 1. The molecule has 7 heteroatoms. The summed E-state index contributed by atoms with van der Waals surface area (Å²) in [5.74, 6) is 0.611. The third-order valence-corrected chi connectivity index (χ3v) is 4.98. The van der Waals surface area contributed by atoms with Gasteiger partial charge in [-0.15, -0.1) is 6.58 Å². The van der Waals surface area contributed by atoms with Gasteiger partial charge >= 0.3 is 0 Å². The maximum absolute atomic E-state index is 6.13. The first-order valence-corrected chi connectivity index (χ1v) is 8.83. The second-order valence-electron chi connectivity index (χ2n) is 6.38. The monoisotopic (exact) mass is 414 g/mol. The molecule has 0 saturated carbocycles. The topological polar surface area (TPSA) is 55.4 Å². The number of hydrogen-bond donors (Lipinski definition) is 0. The lowest BCUT2D eigenvalue weighted by molar-refractivity contribution is -0.213. The second kappa shape index (κ2) is 7.25. The predicted octanol–water partition coefficient (Wildman–Crippen LogP) is 3.41. The molecule has 2 fully saturated rings. The summed E-state index contributed by atoms with van der Waals surface area (Å²) in [5, 5.41) is 0. The maximum atomic E-state index is 6.13. The molecule has 4 atom stereocenters. The first kappa shape index (κ1) is 18.7. The van der Waals surface area contributed by atoms with Crippen LogP contribution in [-0.2, 0) is 25.6 Å². The molecule has 0 aromatic heterocycles. The average molecular weight is 415 g/mol. The number of benzene rings is 1. The first-order valence-electron chi connectivity index (χ1n) is 8.04. The van der Waals surface area contributed by atoms with Crippen molar-refractivity contribution in [3.63, 3.8) is 0 Å². The van der Waals surface area contributed by atoms with E-state index in [4.69, 9.17) is 28.4 Å². The molecule has 25 heavy (non-hydrogen) atoms. The van der Waals surface area contributed by atoms with Gasteiger partial charge in [0.15, 0.2) is 23.6 Å². The summed E-state index contributed by atoms with van der Waals surface area (Å²) < 4.78 is 35.2. The number of halogens is 1. The van der Waals surface area contributed by atoms with E-state index in [9.17, 15) is 0 Å². The molecular formula is C18H23BrO6. The van der Waals surface area contributed by atoms with Gasteiger partial charge in [0.1, 0.15) is 18.3 Å². The van der Waals surface area contributed by atoms with E-state index >= 15 is 0 Å². The molecule has 2 aliphatic rings. The quantitative estimate of drug-likeness (QED) is 0.664. The summed E-state index contributed by atoms with van der Waals surface area (Å²) in [5.41, 5.74) is 0.932. The van der Waals surface area contributed by atoms with Crippen molar-refractivity contribution in [2.24, 2.45) is 0 Å². The van der Waals surface area contributed by atoms with Crippen molar-refractivity contribution in [3.8, 4) is 11.5 Å². The molecule has 0 N–H and O–H groups in total. The van der Waals surface area contributed by atoms with Crippen LogP contribution in [-0.4, -0.2) is 44.6 Å². The van der Waals surface area contributed by atoms with Crippen molar-refractivity contribution in [1.82, 2.24) is 0 Å².